The lowest BCUT2D eigenvalue weighted by molar-refractivity contribution is 0.0471. The summed E-state index contributed by atoms with van der Waals surface area (Å²) < 4.78 is 10.1. The van der Waals surface area contributed by atoms with Gasteiger partial charge in [0.1, 0.15) is 12.4 Å². The van der Waals surface area contributed by atoms with Crippen molar-refractivity contribution in [2.45, 2.75) is 19.6 Å². The molecule has 1 atom stereocenters. The Bertz CT molecular complexity index is 639. The van der Waals surface area contributed by atoms with Crippen LogP contribution in [0.3, 0.4) is 0 Å². The van der Waals surface area contributed by atoms with Crippen LogP contribution in [-0.2, 0) is 11.3 Å². The summed E-state index contributed by atoms with van der Waals surface area (Å²) in [4.78, 5) is 24.2. The molecule has 2 aromatic heterocycles. The Labute approximate surface area is 134 Å². The Balaban J connectivity index is 1.73. The maximum absolute atomic E-state index is 12.6. The lowest BCUT2D eigenvalue weighted by Gasteiger charge is -2.39. The fourth-order valence-corrected chi connectivity index (χ4v) is 2.89. The minimum Gasteiger partial charge on any atom is -0.377 e. The van der Waals surface area contributed by atoms with Crippen molar-refractivity contribution < 1.29 is 14.1 Å². The van der Waals surface area contributed by atoms with Gasteiger partial charge in [0.25, 0.3) is 5.91 Å². The van der Waals surface area contributed by atoms with Crippen molar-refractivity contribution in [1.82, 2.24) is 24.9 Å². The smallest absolute Gasteiger partial charge is 0.276 e. The predicted octanol–water partition coefficient (Wildman–Crippen LogP) is 1.06. The van der Waals surface area contributed by atoms with Crippen LogP contribution in [-0.4, -0.2) is 64.1 Å². The number of aromatic nitrogens is 3. The number of imidazole rings is 1. The molecule has 124 valence electrons. The fourth-order valence-electron chi connectivity index (χ4n) is 2.89. The molecule has 0 radical (unpaired) electrons. The average Bonchev–Trinajstić information content (AvgIpc) is 3.25. The number of amides is 1. The number of hydrogen-bond donors (Lipinski definition) is 1. The molecule has 0 unspecified atom stereocenters. The Kier molecular flexibility index (Phi) is 4.73. The van der Waals surface area contributed by atoms with E-state index in [4.69, 9.17) is 9.26 Å². The van der Waals surface area contributed by atoms with Crippen molar-refractivity contribution in [2.75, 3.05) is 33.3 Å². The number of carbonyl (C=O) groups excluding carboxylic acids is 1. The summed E-state index contributed by atoms with van der Waals surface area (Å²) in [7, 11) is 1.57. The first kappa shape index (κ1) is 15.7. The number of rotatable bonds is 5. The second-order valence-electron chi connectivity index (χ2n) is 5.48. The number of likely N-dealkylation sites (N-methyl/N-ethyl adjacent to an activating group) is 1. The highest BCUT2D eigenvalue weighted by Gasteiger charge is 2.32. The Morgan fingerprint density at radius 1 is 1.52 bits per heavy atom. The topological polar surface area (TPSA) is 87.5 Å². The normalized spacial score (nSPS) is 19.2. The summed E-state index contributed by atoms with van der Waals surface area (Å²) in [6.07, 6.45) is 3.54. The summed E-state index contributed by atoms with van der Waals surface area (Å²) in [5, 5.41) is 3.85. The van der Waals surface area contributed by atoms with Crippen molar-refractivity contribution in [3.05, 3.63) is 35.7 Å². The Morgan fingerprint density at radius 2 is 2.39 bits per heavy atom. The molecule has 1 saturated heterocycles. The minimum atomic E-state index is -0.122. The molecule has 1 N–H and O–H groups in total. The molecule has 23 heavy (non-hydrogen) atoms. The molecule has 0 spiro atoms. The van der Waals surface area contributed by atoms with Gasteiger partial charge in [-0.2, -0.15) is 0 Å². The van der Waals surface area contributed by atoms with Crippen LogP contribution in [0.4, 0.5) is 0 Å². The Hall–Kier alpha value is -2.19. The van der Waals surface area contributed by atoms with Crippen molar-refractivity contribution in [3.63, 3.8) is 0 Å². The number of nitrogens with zero attached hydrogens (tertiary/aromatic N) is 4. The van der Waals surface area contributed by atoms with Crippen LogP contribution in [0.25, 0.3) is 0 Å². The van der Waals surface area contributed by atoms with Crippen LogP contribution in [0.5, 0.6) is 0 Å². The van der Waals surface area contributed by atoms with E-state index < -0.39 is 0 Å². The molecular weight excluding hydrogens is 298 g/mol. The van der Waals surface area contributed by atoms with E-state index >= 15 is 0 Å². The SMILES string of the molecule is CCN1CCN(C(=O)c2cc(COC)on2)C[C@@H]1c1ncc[nH]1. The van der Waals surface area contributed by atoms with Gasteiger partial charge in [-0.15, -0.1) is 0 Å². The average molecular weight is 319 g/mol. The maximum atomic E-state index is 12.6. The molecule has 0 aromatic carbocycles. The molecule has 3 rings (SSSR count). The first-order valence-electron chi connectivity index (χ1n) is 7.70. The monoisotopic (exact) mass is 319 g/mol. The van der Waals surface area contributed by atoms with Gasteiger partial charge >= 0.3 is 0 Å². The standard InChI is InChI=1S/C15H21N5O3/c1-3-19-6-7-20(9-13(19)14-16-4-5-17-14)15(21)12-8-11(10-22-2)23-18-12/h4-5,8,13H,3,6-7,9-10H2,1-2H3,(H,16,17)/t13-/m1/s1. The maximum Gasteiger partial charge on any atom is 0.276 e. The highest BCUT2D eigenvalue weighted by atomic mass is 16.5. The second kappa shape index (κ2) is 6.93. The lowest BCUT2D eigenvalue weighted by atomic mass is 10.1. The molecule has 1 amide bonds. The minimum absolute atomic E-state index is 0.0676. The number of hydrogen-bond acceptors (Lipinski definition) is 6. The van der Waals surface area contributed by atoms with Gasteiger partial charge in [-0.25, -0.2) is 4.98 Å². The van der Waals surface area contributed by atoms with Crippen LogP contribution in [0.1, 0.15) is 35.0 Å². The van der Waals surface area contributed by atoms with E-state index in [-0.39, 0.29) is 11.9 Å². The van der Waals surface area contributed by atoms with Crippen molar-refractivity contribution in [3.8, 4) is 0 Å². The van der Waals surface area contributed by atoms with Gasteiger partial charge in [0.2, 0.25) is 0 Å². The molecule has 0 saturated carbocycles. The number of H-pyrrole nitrogens is 1. The first-order valence-corrected chi connectivity index (χ1v) is 7.70. The number of ether oxygens (including phenoxy) is 1. The van der Waals surface area contributed by atoms with E-state index in [2.05, 4.69) is 26.9 Å². The Morgan fingerprint density at radius 3 is 3.09 bits per heavy atom. The van der Waals surface area contributed by atoms with Gasteiger partial charge in [0.15, 0.2) is 11.5 Å². The van der Waals surface area contributed by atoms with E-state index in [1.165, 1.54) is 0 Å². The number of aromatic amines is 1. The zero-order valence-electron chi connectivity index (χ0n) is 13.4. The number of carbonyl (C=O) groups is 1. The molecule has 3 heterocycles. The second-order valence-corrected chi connectivity index (χ2v) is 5.48. The summed E-state index contributed by atoms with van der Waals surface area (Å²) in [6, 6.07) is 1.71. The molecule has 1 fully saturated rings. The van der Waals surface area contributed by atoms with Gasteiger partial charge in [-0.3, -0.25) is 9.69 Å². The highest BCUT2D eigenvalue weighted by Crippen LogP contribution is 2.23. The highest BCUT2D eigenvalue weighted by molar-refractivity contribution is 5.92. The van der Waals surface area contributed by atoms with E-state index in [0.29, 0.717) is 31.2 Å². The lowest BCUT2D eigenvalue weighted by Crippen LogP contribution is -2.50. The zero-order valence-corrected chi connectivity index (χ0v) is 13.4. The van der Waals surface area contributed by atoms with Crippen LogP contribution in [0.15, 0.2) is 23.0 Å². The number of nitrogens with one attached hydrogen (secondary N) is 1. The van der Waals surface area contributed by atoms with Crippen molar-refractivity contribution >= 4 is 5.91 Å². The van der Waals surface area contributed by atoms with Crippen molar-refractivity contribution in [2.24, 2.45) is 0 Å². The molecular formula is C15H21N5O3. The molecule has 0 bridgehead atoms. The quantitative estimate of drug-likeness (QED) is 0.887. The summed E-state index contributed by atoms with van der Waals surface area (Å²) in [5.74, 6) is 1.30. The summed E-state index contributed by atoms with van der Waals surface area (Å²) in [6.45, 7) is 5.37. The van der Waals surface area contributed by atoms with Crippen LogP contribution in [0, 0.1) is 0 Å². The first-order chi connectivity index (χ1) is 11.2. The number of methoxy groups -OCH3 is 1. The third kappa shape index (κ3) is 3.27. The van der Waals surface area contributed by atoms with Crippen LogP contribution < -0.4 is 0 Å². The van der Waals surface area contributed by atoms with Gasteiger partial charge < -0.3 is 19.1 Å². The number of piperazine rings is 1. The third-order valence-electron chi connectivity index (χ3n) is 4.08. The van der Waals surface area contributed by atoms with Gasteiger partial charge in [-0.05, 0) is 6.54 Å². The third-order valence-corrected chi connectivity index (χ3v) is 4.08. The molecule has 8 nitrogen and oxygen atoms in total. The molecule has 1 aliphatic rings. The summed E-state index contributed by atoms with van der Waals surface area (Å²) >= 11 is 0. The largest absolute Gasteiger partial charge is 0.377 e. The van der Waals surface area contributed by atoms with Crippen LogP contribution >= 0.6 is 0 Å². The molecule has 8 heteroatoms. The molecule has 0 aliphatic carbocycles. The van der Waals surface area contributed by atoms with Crippen LogP contribution in [0.2, 0.25) is 0 Å². The van der Waals surface area contributed by atoms with E-state index in [1.807, 2.05) is 0 Å². The fraction of sp³-hybridized carbons (Fsp3) is 0.533. The van der Waals surface area contributed by atoms with E-state index in [0.717, 1.165) is 18.9 Å². The zero-order chi connectivity index (χ0) is 16.2. The molecule has 1 aliphatic heterocycles. The summed E-state index contributed by atoms with van der Waals surface area (Å²) in [5.41, 5.74) is 0.320. The van der Waals surface area contributed by atoms with E-state index in [1.54, 1.807) is 30.5 Å². The predicted molar refractivity (Wildman–Crippen MR) is 81.7 cm³/mol. The van der Waals surface area contributed by atoms with Gasteiger partial charge in [0.05, 0.1) is 6.04 Å². The van der Waals surface area contributed by atoms with Crippen molar-refractivity contribution in [1.29, 1.82) is 0 Å². The van der Waals surface area contributed by atoms with Gasteiger partial charge in [0, 0.05) is 45.2 Å². The van der Waals surface area contributed by atoms with Gasteiger partial charge in [-0.1, -0.05) is 12.1 Å². The molecule has 2 aromatic rings. The van der Waals surface area contributed by atoms with E-state index in [9.17, 15) is 4.79 Å².